The van der Waals surface area contributed by atoms with Crippen LogP contribution < -0.4 is 10.6 Å². The van der Waals surface area contributed by atoms with Crippen molar-refractivity contribution in [3.63, 3.8) is 0 Å². The molecule has 30 heavy (non-hydrogen) atoms. The van der Waals surface area contributed by atoms with E-state index in [0.717, 1.165) is 6.42 Å². The summed E-state index contributed by atoms with van der Waals surface area (Å²) in [4.78, 5) is 23.8. The molecule has 170 valence electrons. The fourth-order valence-electron chi connectivity index (χ4n) is 2.62. The smallest absolute Gasteiger partial charge is 0.251 e. The van der Waals surface area contributed by atoms with E-state index >= 15 is 0 Å². The van der Waals surface area contributed by atoms with Crippen LogP contribution in [0.15, 0.2) is 24.3 Å². The summed E-state index contributed by atoms with van der Waals surface area (Å²) in [5, 5.41) is 5.70. The Hall–Kier alpha value is -1.92. The SMILES string of the molecule is CC(C)(C)CCC(=O)NCCOCCOCCNC(=O)c1ccc(C(C)(C)C)cc1. The largest absolute Gasteiger partial charge is 0.377 e. The molecule has 6 nitrogen and oxygen atoms in total. The molecule has 6 heteroatoms. The lowest BCUT2D eigenvalue weighted by Crippen LogP contribution is -2.29. The Bertz CT molecular complexity index is 643. The van der Waals surface area contributed by atoms with Crippen LogP contribution in [0.1, 0.15) is 70.3 Å². The van der Waals surface area contributed by atoms with Gasteiger partial charge in [0.05, 0.1) is 26.4 Å². The molecule has 0 radical (unpaired) electrons. The average molecular weight is 421 g/mol. The van der Waals surface area contributed by atoms with Crippen LogP contribution >= 0.6 is 0 Å². The molecule has 0 bridgehead atoms. The first-order chi connectivity index (χ1) is 14.0. The molecule has 0 atom stereocenters. The normalized spacial score (nSPS) is 11.9. The van der Waals surface area contributed by atoms with Crippen LogP contribution in [0.25, 0.3) is 0 Å². The maximum absolute atomic E-state index is 12.1. The van der Waals surface area contributed by atoms with E-state index in [0.29, 0.717) is 51.5 Å². The van der Waals surface area contributed by atoms with E-state index in [1.807, 2.05) is 24.3 Å². The van der Waals surface area contributed by atoms with Gasteiger partial charge in [-0.3, -0.25) is 9.59 Å². The highest BCUT2D eigenvalue weighted by Gasteiger charge is 2.14. The molecule has 0 fully saturated rings. The fraction of sp³-hybridized carbons (Fsp3) is 0.667. The Morgan fingerprint density at radius 3 is 1.83 bits per heavy atom. The molecule has 1 aromatic carbocycles. The number of carbonyl (C=O) groups is 2. The van der Waals surface area contributed by atoms with Crippen molar-refractivity contribution in [2.75, 3.05) is 39.5 Å². The van der Waals surface area contributed by atoms with Crippen LogP contribution in [0.5, 0.6) is 0 Å². The van der Waals surface area contributed by atoms with E-state index in [1.54, 1.807) is 0 Å². The predicted octanol–water partition coefficient (Wildman–Crippen LogP) is 3.69. The highest BCUT2D eigenvalue weighted by molar-refractivity contribution is 5.94. The van der Waals surface area contributed by atoms with Gasteiger partial charge in [-0.15, -0.1) is 0 Å². The second-order valence-corrected chi connectivity index (χ2v) is 9.72. The zero-order valence-electron chi connectivity index (χ0n) is 19.6. The number of ether oxygens (including phenoxy) is 2. The van der Waals surface area contributed by atoms with Crippen molar-refractivity contribution in [2.45, 2.75) is 59.8 Å². The minimum Gasteiger partial charge on any atom is -0.377 e. The van der Waals surface area contributed by atoms with Gasteiger partial charge in [-0.2, -0.15) is 0 Å². The van der Waals surface area contributed by atoms with Gasteiger partial charge in [-0.25, -0.2) is 0 Å². The van der Waals surface area contributed by atoms with E-state index in [4.69, 9.17) is 9.47 Å². The van der Waals surface area contributed by atoms with Crippen LogP contribution in [0.3, 0.4) is 0 Å². The van der Waals surface area contributed by atoms with Crippen LogP contribution in [-0.4, -0.2) is 51.3 Å². The van der Waals surface area contributed by atoms with Crippen molar-refractivity contribution in [2.24, 2.45) is 5.41 Å². The number of carbonyl (C=O) groups excluding carboxylic acids is 2. The highest BCUT2D eigenvalue weighted by atomic mass is 16.5. The third kappa shape index (κ3) is 11.9. The van der Waals surface area contributed by atoms with Gasteiger partial charge in [0, 0.05) is 25.1 Å². The first kappa shape index (κ1) is 26.1. The molecule has 0 saturated heterocycles. The number of rotatable bonds is 12. The lowest BCUT2D eigenvalue weighted by atomic mass is 9.87. The number of hydrogen-bond acceptors (Lipinski definition) is 4. The summed E-state index contributed by atoms with van der Waals surface area (Å²) in [5.41, 5.74) is 2.09. The molecular weight excluding hydrogens is 380 g/mol. The van der Waals surface area contributed by atoms with Crippen molar-refractivity contribution in [3.8, 4) is 0 Å². The number of nitrogens with one attached hydrogen (secondary N) is 2. The van der Waals surface area contributed by atoms with Crippen LogP contribution in [0.2, 0.25) is 0 Å². The van der Waals surface area contributed by atoms with Crippen molar-refractivity contribution >= 4 is 11.8 Å². The zero-order chi connectivity index (χ0) is 22.6. The third-order valence-corrected chi connectivity index (χ3v) is 4.59. The highest BCUT2D eigenvalue weighted by Crippen LogP contribution is 2.22. The van der Waals surface area contributed by atoms with Gasteiger partial charge in [0.15, 0.2) is 0 Å². The van der Waals surface area contributed by atoms with E-state index in [-0.39, 0.29) is 22.6 Å². The molecule has 2 N–H and O–H groups in total. The quantitative estimate of drug-likeness (QED) is 0.506. The minimum absolute atomic E-state index is 0.0635. The minimum atomic E-state index is -0.0995. The van der Waals surface area contributed by atoms with Gasteiger partial charge < -0.3 is 20.1 Å². The summed E-state index contributed by atoms with van der Waals surface area (Å²) in [5.74, 6) is -0.0360. The molecule has 0 unspecified atom stereocenters. The van der Waals surface area contributed by atoms with Crippen molar-refractivity contribution in [3.05, 3.63) is 35.4 Å². The van der Waals surface area contributed by atoms with E-state index in [1.165, 1.54) is 5.56 Å². The molecule has 1 rings (SSSR count). The van der Waals surface area contributed by atoms with Crippen molar-refractivity contribution < 1.29 is 19.1 Å². The number of benzene rings is 1. The summed E-state index contributed by atoms with van der Waals surface area (Å²) < 4.78 is 10.9. The van der Waals surface area contributed by atoms with Gasteiger partial charge in [-0.1, -0.05) is 53.7 Å². The Balaban J connectivity index is 2.02. The summed E-state index contributed by atoms with van der Waals surface area (Å²) >= 11 is 0. The van der Waals surface area contributed by atoms with E-state index in [9.17, 15) is 9.59 Å². The molecular formula is C24H40N2O4. The Morgan fingerprint density at radius 1 is 0.800 bits per heavy atom. The number of hydrogen-bond donors (Lipinski definition) is 2. The molecule has 0 aromatic heterocycles. The first-order valence-electron chi connectivity index (χ1n) is 10.8. The predicted molar refractivity (Wildman–Crippen MR) is 121 cm³/mol. The zero-order valence-corrected chi connectivity index (χ0v) is 19.6. The first-order valence-corrected chi connectivity index (χ1v) is 10.8. The summed E-state index contributed by atoms with van der Waals surface area (Å²) in [7, 11) is 0. The second-order valence-electron chi connectivity index (χ2n) is 9.72. The van der Waals surface area contributed by atoms with Gasteiger partial charge in [0.1, 0.15) is 0 Å². The van der Waals surface area contributed by atoms with Crippen molar-refractivity contribution in [1.82, 2.24) is 10.6 Å². The maximum atomic E-state index is 12.1. The Labute approximate surface area is 182 Å². The number of amides is 2. The summed E-state index contributed by atoms with van der Waals surface area (Å²) in [6.07, 6.45) is 1.41. The monoisotopic (exact) mass is 420 g/mol. The molecule has 0 aliphatic rings. The molecule has 2 amide bonds. The molecule has 0 aliphatic carbocycles. The Kier molecular flexibility index (Phi) is 11.1. The van der Waals surface area contributed by atoms with Crippen LogP contribution in [0.4, 0.5) is 0 Å². The summed E-state index contributed by atoms with van der Waals surface area (Å²) in [6.45, 7) is 15.6. The van der Waals surface area contributed by atoms with Gasteiger partial charge in [-0.05, 0) is 34.9 Å². The summed E-state index contributed by atoms with van der Waals surface area (Å²) in [6, 6.07) is 7.70. The molecule has 0 spiro atoms. The third-order valence-electron chi connectivity index (χ3n) is 4.59. The van der Waals surface area contributed by atoms with Gasteiger partial charge >= 0.3 is 0 Å². The molecule has 0 saturated carbocycles. The van der Waals surface area contributed by atoms with E-state index < -0.39 is 0 Å². The topological polar surface area (TPSA) is 76.7 Å². The molecule has 1 aromatic rings. The van der Waals surface area contributed by atoms with Crippen LogP contribution in [0, 0.1) is 5.41 Å². The maximum Gasteiger partial charge on any atom is 0.251 e. The molecule has 0 heterocycles. The second kappa shape index (κ2) is 12.7. The van der Waals surface area contributed by atoms with Gasteiger partial charge in [0.2, 0.25) is 5.91 Å². The van der Waals surface area contributed by atoms with Crippen molar-refractivity contribution in [1.29, 1.82) is 0 Å². The van der Waals surface area contributed by atoms with Crippen LogP contribution in [-0.2, 0) is 19.7 Å². The van der Waals surface area contributed by atoms with Gasteiger partial charge in [0.25, 0.3) is 5.91 Å². The average Bonchev–Trinajstić information content (AvgIpc) is 2.66. The standard InChI is InChI=1S/C24H40N2O4/c1-23(2,3)12-11-21(27)25-13-15-29-17-18-30-16-14-26-22(28)19-7-9-20(10-8-19)24(4,5)6/h7-10H,11-18H2,1-6H3,(H,25,27)(H,26,28). The lowest BCUT2D eigenvalue weighted by molar-refractivity contribution is -0.121. The fourth-order valence-corrected chi connectivity index (χ4v) is 2.62. The van der Waals surface area contributed by atoms with E-state index in [2.05, 4.69) is 52.2 Å². The Morgan fingerprint density at radius 2 is 1.33 bits per heavy atom. The molecule has 0 aliphatic heterocycles. The lowest BCUT2D eigenvalue weighted by Gasteiger charge is -2.19.